The first-order chi connectivity index (χ1) is 16.0. The van der Waals surface area contributed by atoms with Gasteiger partial charge in [0.1, 0.15) is 0 Å². The van der Waals surface area contributed by atoms with Gasteiger partial charge < -0.3 is 14.8 Å². The van der Waals surface area contributed by atoms with Crippen molar-refractivity contribution in [2.24, 2.45) is 0 Å². The number of benzene rings is 2. The summed E-state index contributed by atoms with van der Waals surface area (Å²) < 4.78 is 1.50. The van der Waals surface area contributed by atoms with E-state index in [9.17, 15) is 9.59 Å². The molecule has 1 aromatic heterocycles. The van der Waals surface area contributed by atoms with E-state index in [2.05, 4.69) is 46.4 Å². The second kappa shape index (κ2) is 10.8. The Hall–Kier alpha value is -2.93. The van der Waals surface area contributed by atoms with Crippen LogP contribution in [0.15, 0.2) is 71.7 Å². The molecule has 1 saturated heterocycles. The first-order valence-corrected chi connectivity index (χ1v) is 11.6. The van der Waals surface area contributed by atoms with Gasteiger partial charge in [-0.25, -0.2) is 0 Å². The van der Waals surface area contributed by atoms with Crippen LogP contribution in [0.5, 0.6) is 0 Å². The van der Waals surface area contributed by atoms with Gasteiger partial charge in [0.2, 0.25) is 0 Å². The number of carbonyl (C=O) groups is 1. The highest BCUT2D eigenvalue weighted by atomic mass is 35.5. The van der Waals surface area contributed by atoms with Crippen molar-refractivity contribution in [3.63, 3.8) is 0 Å². The predicted octanol–water partition coefficient (Wildman–Crippen LogP) is 3.23. The Labute approximate surface area is 199 Å². The molecule has 0 spiro atoms. The zero-order chi connectivity index (χ0) is 23.2. The van der Waals surface area contributed by atoms with Gasteiger partial charge in [-0.1, -0.05) is 54.1 Å². The number of rotatable bonds is 7. The van der Waals surface area contributed by atoms with E-state index in [1.165, 1.54) is 16.2 Å². The van der Waals surface area contributed by atoms with E-state index < -0.39 is 0 Å². The zero-order valence-corrected chi connectivity index (χ0v) is 19.6. The van der Waals surface area contributed by atoms with E-state index in [0.29, 0.717) is 23.7 Å². The number of likely N-dealkylation sites (N-methyl/N-ethyl adjacent to an activating group) is 1. The lowest BCUT2D eigenvalue weighted by Gasteiger charge is -2.32. The summed E-state index contributed by atoms with van der Waals surface area (Å²) in [4.78, 5) is 29.8. The molecule has 2 aromatic carbocycles. The lowest BCUT2D eigenvalue weighted by Crippen LogP contribution is -2.43. The average Bonchev–Trinajstić information content (AvgIpc) is 2.82. The van der Waals surface area contributed by atoms with Gasteiger partial charge in [-0.2, -0.15) is 0 Å². The molecule has 1 fully saturated rings. The van der Waals surface area contributed by atoms with Crippen LogP contribution in [0.2, 0.25) is 5.02 Å². The molecule has 0 radical (unpaired) electrons. The normalized spacial score (nSPS) is 14.8. The molecular weight excluding hydrogens is 436 g/mol. The molecule has 1 amide bonds. The van der Waals surface area contributed by atoms with Crippen LogP contribution >= 0.6 is 11.6 Å². The van der Waals surface area contributed by atoms with Crippen LogP contribution < -0.4 is 10.9 Å². The van der Waals surface area contributed by atoms with E-state index in [4.69, 9.17) is 11.6 Å². The van der Waals surface area contributed by atoms with Crippen molar-refractivity contribution in [2.45, 2.75) is 19.6 Å². The van der Waals surface area contributed by atoms with Gasteiger partial charge in [-0.05, 0) is 35.9 Å². The van der Waals surface area contributed by atoms with Crippen molar-refractivity contribution >= 4 is 17.5 Å². The maximum atomic E-state index is 12.7. The number of nitrogens with zero attached hydrogens (tertiary/aromatic N) is 3. The fourth-order valence-corrected chi connectivity index (χ4v) is 4.11. The summed E-state index contributed by atoms with van der Waals surface area (Å²) in [7, 11) is 2.16. The van der Waals surface area contributed by atoms with E-state index >= 15 is 0 Å². The van der Waals surface area contributed by atoms with Gasteiger partial charge >= 0.3 is 0 Å². The first-order valence-electron chi connectivity index (χ1n) is 11.2. The van der Waals surface area contributed by atoms with Crippen molar-refractivity contribution < 1.29 is 4.79 Å². The highest BCUT2D eigenvalue weighted by Gasteiger charge is 2.14. The third kappa shape index (κ3) is 6.32. The Morgan fingerprint density at radius 2 is 1.61 bits per heavy atom. The molecule has 2 heterocycles. The van der Waals surface area contributed by atoms with Gasteiger partial charge in [0.25, 0.3) is 11.5 Å². The molecule has 3 aromatic rings. The fourth-order valence-electron chi connectivity index (χ4n) is 3.91. The van der Waals surface area contributed by atoms with Crippen LogP contribution in [0, 0.1) is 0 Å². The van der Waals surface area contributed by atoms with Crippen molar-refractivity contribution in [2.75, 3.05) is 33.2 Å². The highest BCUT2D eigenvalue weighted by molar-refractivity contribution is 6.31. The highest BCUT2D eigenvalue weighted by Crippen LogP contribution is 2.16. The molecule has 0 saturated carbocycles. The SMILES string of the molecule is CN1CCN(Cc2ccc(CNC(=O)c3ccc(=O)n(Cc4ccccc4Cl)c3)cc2)CC1. The van der Waals surface area contributed by atoms with Crippen LogP contribution in [-0.4, -0.2) is 53.5 Å². The smallest absolute Gasteiger partial charge is 0.253 e. The van der Waals surface area contributed by atoms with E-state index in [1.54, 1.807) is 18.3 Å². The van der Waals surface area contributed by atoms with E-state index in [-0.39, 0.29) is 11.5 Å². The monoisotopic (exact) mass is 464 g/mol. The van der Waals surface area contributed by atoms with Gasteiger partial charge in [0.05, 0.1) is 12.1 Å². The van der Waals surface area contributed by atoms with Crippen LogP contribution in [0.1, 0.15) is 27.0 Å². The number of amides is 1. The van der Waals surface area contributed by atoms with Crippen molar-refractivity contribution in [1.82, 2.24) is 19.7 Å². The maximum absolute atomic E-state index is 12.7. The minimum atomic E-state index is -0.218. The Balaban J connectivity index is 1.34. The third-order valence-electron chi connectivity index (χ3n) is 6.02. The summed E-state index contributed by atoms with van der Waals surface area (Å²) in [5, 5.41) is 3.54. The summed E-state index contributed by atoms with van der Waals surface area (Å²) >= 11 is 6.22. The Morgan fingerprint density at radius 1 is 0.909 bits per heavy atom. The van der Waals surface area contributed by atoms with Crippen LogP contribution in [-0.2, 0) is 19.6 Å². The minimum absolute atomic E-state index is 0.178. The molecule has 0 unspecified atom stereocenters. The Kier molecular flexibility index (Phi) is 7.60. The van der Waals surface area contributed by atoms with Gasteiger partial charge in [-0.15, -0.1) is 0 Å². The van der Waals surface area contributed by atoms with Gasteiger partial charge in [0, 0.05) is 56.6 Å². The molecule has 1 aliphatic heterocycles. The molecule has 0 aliphatic carbocycles. The van der Waals surface area contributed by atoms with Crippen molar-refractivity contribution in [1.29, 1.82) is 0 Å². The van der Waals surface area contributed by atoms with Crippen molar-refractivity contribution in [3.8, 4) is 0 Å². The Bertz CT molecular complexity index is 1150. The molecule has 6 nitrogen and oxygen atoms in total. The molecule has 172 valence electrons. The van der Waals surface area contributed by atoms with Gasteiger partial charge in [-0.3, -0.25) is 14.5 Å². The molecule has 0 atom stereocenters. The summed E-state index contributed by atoms with van der Waals surface area (Å²) in [5.74, 6) is -0.218. The van der Waals surface area contributed by atoms with Crippen LogP contribution in [0.3, 0.4) is 0 Å². The molecular formula is C26H29ClN4O2. The number of piperazine rings is 1. The summed E-state index contributed by atoms with van der Waals surface area (Å²) in [6, 6.07) is 18.7. The third-order valence-corrected chi connectivity index (χ3v) is 6.39. The number of aromatic nitrogens is 1. The second-order valence-electron chi connectivity index (χ2n) is 8.55. The molecule has 1 aliphatic rings. The number of carbonyl (C=O) groups excluding carboxylic acids is 1. The van der Waals surface area contributed by atoms with Crippen LogP contribution in [0.4, 0.5) is 0 Å². The number of pyridine rings is 1. The first kappa shape index (κ1) is 23.2. The Morgan fingerprint density at radius 3 is 2.33 bits per heavy atom. The van der Waals surface area contributed by atoms with E-state index in [1.807, 2.05) is 18.2 Å². The number of hydrogen-bond acceptors (Lipinski definition) is 4. The predicted molar refractivity (Wildman–Crippen MR) is 132 cm³/mol. The largest absolute Gasteiger partial charge is 0.348 e. The summed E-state index contributed by atoms with van der Waals surface area (Å²) in [5.41, 5.74) is 3.40. The lowest BCUT2D eigenvalue weighted by atomic mass is 10.1. The molecule has 7 heteroatoms. The minimum Gasteiger partial charge on any atom is -0.348 e. The molecule has 1 N–H and O–H groups in total. The standard InChI is InChI=1S/C26H29ClN4O2/c1-29-12-14-30(15-13-29)17-21-8-6-20(7-9-21)16-28-26(33)23-10-11-25(32)31(19-23)18-22-4-2-3-5-24(22)27/h2-11,19H,12-18H2,1H3,(H,28,33). The molecule has 4 rings (SSSR count). The lowest BCUT2D eigenvalue weighted by molar-refractivity contribution is 0.0950. The van der Waals surface area contributed by atoms with E-state index in [0.717, 1.165) is 43.9 Å². The average molecular weight is 465 g/mol. The number of nitrogens with one attached hydrogen (secondary N) is 1. The summed E-state index contributed by atoms with van der Waals surface area (Å²) in [6.45, 7) is 6.09. The van der Waals surface area contributed by atoms with Crippen LogP contribution in [0.25, 0.3) is 0 Å². The fraction of sp³-hybridized carbons (Fsp3) is 0.308. The maximum Gasteiger partial charge on any atom is 0.253 e. The van der Waals surface area contributed by atoms with Crippen molar-refractivity contribution in [3.05, 3.63) is 104 Å². The number of hydrogen-bond donors (Lipinski definition) is 1. The molecule has 0 bridgehead atoms. The molecule has 33 heavy (non-hydrogen) atoms. The van der Waals surface area contributed by atoms with Gasteiger partial charge in [0.15, 0.2) is 0 Å². The summed E-state index contributed by atoms with van der Waals surface area (Å²) in [6.07, 6.45) is 1.58. The zero-order valence-electron chi connectivity index (χ0n) is 18.8. The second-order valence-corrected chi connectivity index (χ2v) is 8.96. The quantitative estimate of drug-likeness (QED) is 0.583. The number of halogens is 1. The topological polar surface area (TPSA) is 57.6 Å².